The molecule has 0 fully saturated rings. The molecule has 0 aliphatic carbocycles. The molecule has 0 bridgehead atoms. The van der Waals surface area contributed by atoms with Gasteiger partial charge < -0.3 is 9.80 Å². The number of aryl methyl sites for hydroxylation is 2. The van der Waals surface area contributed by atoms with Crippen molar-refractivity contribution in [2.45, 2.75) is 77.3 Å². The lowest BCUT2D eigenvalue weighted by Crippen LogP contribution is -2.42. The van der Waals surface area contributed by atoms with Crippen LogP contribution >= 0.6 is 0 Å². The molecule has 2 aliphatic heterocycles. The fourth-order valence-corrected chi connectivity index (χ4v) is 4.99. The van der Waals surface area contributed by atoms with Crippen LogP contribution in [0.4, 0.5) is 20.2 Å². The number of carbonyl (C=O) groups excluding carboxylic acids is 2. The van der Waals surface area contributed by atoms with Crippen molar-refractivity contribution in [1.29, 1.82) is 0 Å². The topological polar surface area (TPSA) is 40.6 Å². The smallest absolute Gasteiger partial charge is 0.227 e. The second-order valence-electron chi connectivity index (χ2n) is 9.06. The summed E-state index contributed by atoms with van der Waals surface area (Å²) in [6.07, 6.45) is 5.10. The van der Waals surface area contributed by atoms with Gasteiger partial charge in [0, 0.05) is 36.3 Å². The molecule has 2 atom stereocenters. The van der Waals surface area contributed by atoms with Gasteiger partial charge in [0.15, 0.2) is 0 Å². The second-order valence-corrected chi connectivity index (χ2v) is 9.06. The van der Waals surface area contributed by atoms with Crippen molar-refractivity contribution in [3.8, 4) is 0 Å². The molecule has 32 heavy (non-hydrogen) atoms. The number of benzene rings is 2. The van der Waals surface area contributed by atoms with Crippen molar-refractivity contribution < 1.29 is 18.4 Å². The highest BCUT2D eigenvalue weighted by Crippen LogP contribution is 2.33. The van der Waals surface area contributed by atoms with Crippen LogP contribution in [0.2, 0.25) is 0 Å². The van der Waals surface area contributed by atoms with Gasteiger partial charge in [-0.2, -0.15) is 0 Å². The van der Waals surface area contributed by atoms with E-state index in [4.69, 9.17) is 0 Å². The van der Waals surface area contributed by atoms with E-state index in [-0.39, 0.29) is 35.5 Å². The fraction of sp³-hybridized carbons (Fsp3) is 0.462. The first-order valence-corrected chi connectivity index (χ1v) is 11.6. The maximum absolute atomic E-state index is 13.6. The van der Waals surface area contributed by atoms with Gasteiger partial charge in [-0.3, -0.25) is 9.59 Å². The molecule has 0 saturated carbocycles. The summed E-state index contributed by atoms with van der Waals surface area (Å²) in [4.78, 5) is 29.5. The SMILES string of the molecule is C[C@H]1CCc2cc(F)ccc2N1C(=O)CCCCC(=O)N1c2ccc(F)cc2CC[C@@H]1C. The Bertz CT molecular complexity index is 941. The molecule has 0 unspecified atom stereocenters. The molecule has 6 heteroatoms. The molecule has 0 spiro atoms. The van der Waals surface area contributed by atoms with E-state index in [1.165, 1.54) is 24.3 Å². The monoisotopic (exact) mass is 440 g/mol. The molecule has 2 aromatic carbocycles. The molecule has 0 saturated heterocycles. The van der Waals surface area contributed by atoms with Crippen LogP contribution in [0.1, 0.15) is 63.5 Å². The number of carbonyl (C=O) groups is 2. The number of amides is 2. The van der Waals surface area contributed by atoms with Gasteiger partial charge in [-0.15, -0.1) is 0 Å². The minimum Gasteiger partial charge on any atom is -0.309 e. The predicted molar refractivity (Wildman–Crippen MR) is 122 cm³/mol. The van der Waals surface area contributed by atoms with Crippen LogP contribution in [-0.4, -0.2) is 23.9 Å². The van der Waals surface area contributed by atoms with Crippen LogP contribution < -0.4 is 9.80 Å². The van der Waals surface area contributed by atoms with E-state index >= 15 is 0 Å². The summed E-state index contributed by atoms with van der Waals surface area (Å²) in [5, 5.41) is 0. The molecule has 0 radical (unpaired) electrons. The number of rotatable bonds is 5. The first-order valence-electron chi connectivity index (χ1n) is 11.6. The standard InChI is InChI=1S/C26H30F2N2O2/c1-17-7-9-19-15-21(27)11-13-23(19)29(17)25(31)5-3-4-6-26(32)30-18(2)8-10-20-16-22(28)12-14-24(20)30/h11-18H,3-10H2,1-2H3/t17-,18-/m0/s1. The van der Waals surface area contributed by atoms with Crippen LogP contribution in [-0.2, 0) is 22.4 Å². The molecular formula is C26H30F2N2O2. The summed E-state index contributed by atoms with van der Waals surface area (Å²) < 4.78 is 27.2. The lowest BCUT2D eigenvalue weighted by atomic mass is 9.95. The Morgan fingerprint density at radius 1 is 0.781 bits per heavy atom. The third-order valence-corrected chi connectivity index (χ3v) is 6.72. The summed E-state index contributed by atoms with van der Waals surface area (Å²) in [6, 6.07) is 9.38. The Morgan fingerprint density at radius 3 is 1.59 bits per heavy atom. The van der Waals surface area contributed by atoms with Gasteiger partial charge in [-0.1, -0.05) is 0 Å². The Labute approximate surface area is 188 Å². The summed E-state index contributed by atoms with van der Waals surface area (Å²) in [6.45, 7) is 4.04. The predicted octanol–water partition coefficient (Wildman–Crippen LogP) is 5.56. The van der Waals surface area contributed by atoms with Crippen LogP contribution in [0.25, 0.3) is 0 Å². The number of hydrogen-bond acceptors (Lipinski definition) is 2. The molecule has 4 rings (SSSR count). The van der Waals surface area contributed by atoms with Crippen molar-refractivity contribution in [3.05, 3.63) is 59.2 Å². The largest absolute Gasteiger partial charge is 0.309 e. The summed E-state index contributed by atoms with van der Waals surface area (Å²) in [5.41, 5.74) is 3.36. The molecule has 170 valence electrons. The number of halogens is 2. The zero-order chi connectivity index (χ0) is 22.8. The quantitative estimate of drug-likeness (QED) is 0.571. The van der Waals surface area contributed by atoms with Crippen LogP contribution in [0.5, 0.6) is 0 Å². The molecule has 2 aromatic rings. The lowest BCUT2D eigenvalue weighted by molar-refractivity contribution is -0.121. The van der Waals surface area contributed by atoms with E-state index in [2.05, 4.69) is 0 Å². The Morgan fingerprint density at radius 2 is 1.19 bits per heavy atom. The van der Waals surface area contributed by atoms with E-state index in [9.17, 15) is 18.4 Å². The zero-order valence-corrected chi connectivity index (χ0v) is 18.7. The van der Waals surface area contributed by atoms with Crippen molar-refractivity contribution in [3.63, 3.8) is 0 Å². The molecule has 2 amide bonds. The molecule has 2 aliphatic rings. The lowest BCUT2D eigenvalue weighted by Gasteiger charge is -2.36. The number of nitrogens with zero attached hydrogens (tertiary/aromatic N) is 2. The van der Waals surface area contributed by atoms with Gasteiger partial charge in [0.25, 0.3) is 0 Å². The first-order chi connectivity index (χ1) is 15.3. The van der Waals surface area contributed by atoms with E-state index in [0.717, 1.165) is 48.2 Å². The highest BCUT2D eigenvalue weighted by Gasteiger charge is 2.30. The molecule has 4 nitrogen and oxygen atoms in total. The molecule has 0 aromatic heterocycles. The minimum absolute atomic E-state index is 0.0182. The average molecular weight is 441 g/mol. The van der Waals surface area contributed by atoms with Gasteiger partial charge in [0.2, 0.25) is 11.8 Å². The third-order valence-electron chi connectivity index (χ3n) is 6.72. The van der Waals surface area contributed by atoms with E-state index < -0.39 is 0 Å². The Balaban J connectivity index is 1.34. The van der Waals surface area contributed by atoms with Gasteiger partial charge in [-0.25, -0.2) is 8.78 Å². The molecule has 2 heterocycles. The van der Waals surface area contributed by atoms with Crippen LogP contribution in [0.15, 0.2) is 36.4 Å². The van der Waals surface area contributed by atoms with E-state index in [0.29, 0.717) is 25.7 Å². The maximum atomic E-state index is 13.6. The maximum Gasteiger partial charge on any atom is 0.227 e. The van der Waals surface area contributed by atoms with Crippen molar-refractivity contribution in [1.82, 2.24) is 0 Å². The number of hydrogen-bond donors (Lipinski definition) is 0. The summed E-state index contributed by atoms with van der Waals surface area (Å²) >= 11 is 0. The molecule has 0 N–H and O–H groups in total. The average Bonchev–Trinajstić information content (AvgIpc) is 2.76. The van der Waals surface area contributed by atoms with Gasteiger partial charge >= 0.3 is 0 Å². The van der Waals surface area contributed by atoms with Gasteiger partial charge in [-0.05, 0) is 99.9 Å². The summed E-state index contributed by atoms with van der Waals surface area (Å²) in [7, 11) is 0. The number of anilines is 2. The Hall–Kier alpha value is -2.76. The van der Waals surface area contributed by atoms with Crippen molar-refractivity contribution in [2.75, 3.05) is 9.80 Å². The molecular weight excluding hydrogens is 410 g/mol. The highest BCUT2D eigenvalue weighted by atomic mass is 19.1. The first kappa shape index (κ1) is 22.4. The van der Waals surface area contributed by atoms with Gasteiger partial charge in [0.1, 0.15) is 11.6 Å². The number of unbranched alkanes of at least 4 members (excludes halogenated alkanes) is 1. The normalized spacial score (nSPS) is 20.0. The van der Waals surface area contributed by atoms with Crippen LogP contribution in [0.3, 0.4) is 0 Å². The van der Waals surface area contributed by atoms with E-state index in [1.807, 2.05) is 13.8 Å². The Kier molecular flexibility index (Phi) is 6.58. The van der Waals surface area contributed by atoms with E-state index in [1.54, 1.807) is 21.9 Å². The van der Waals surface area contributed by atoms with Gasteiger partial charge in [0.05, 0.1) is 0 Å². The second kappa shape index (κ2) is 9.39. The zero-order valence-electron chi connectivity index (χ0n) is 18.7. The third kappa shape index (κ3) is 4.54. The van der Waals surface area contributed by atoms with Crippen molar-refractivity contribution >= 4 is 23.2 Å². The highest BCUT2D eigenvalue weighted by molar-refractivity contribution is 5.96. The van der Waals surface area contributed by atoms with Crippen LogP contribution in [0, 0.1) is 11.6 Å². The number of fused-ring (bicyclic) bond motifs is 2. The fourth-order valence-electron chi connectivity index (χ4n) is 4.99. The van der Waals surface area contributed by atoms with Crippen molar-refractivity contribution in [2.24, 2.45) is 0 Å². The summed E-state index contributed by atoms with van der Waals surface area (Å²) in [5.74, 6) is -0.518. The minimum atomic E-state index is -0.277.